The van der Waals surface area contributed by atoms with Crippen LogP contribution in [0.15, 0.2) is 0 Å². The number of nitrogens with one attached hydrogen (secondary N) is 1. The van der Waals surface area contributed by atoms with Crippen LogP contribution in [0.1, 0.15) is 13.8 Å². The maximum absolute atomic E-state index is 4.82. The molecule has 0 aliphatic heterocycles. The van der Waals surface area contributed by atoms with E-state index >= 15 is 0 Å². The first kappa shape index (κ1) is 7.11. The van der Waals surface area contributed by atoms with E-state index in [1.165, 1.54) is 0 Å². The molecule has 0 saturated carbocycles. The molecule has 0 radical (unpaired) electrons. The lowest BCUT2D eigenvalue weighted by Gasteiger charge is -2.05. The van der Waals surface area contributed by atoms with E-state index in [0.717, 1.165) is 14.9 Å². The van der Waals surface area contributed by atoms with Crippen LogP contribution in [0.3, 0.4) is 0 Å². The molecule has 0 spiro atoms. The van der Waals surface area contributed by atoms with Crippen molar-refractivity contribution in [3.05, 3.63) is 0 Å². The molecule has 0 amide bonds. The summed E-state index contributed by atoms with van der Waals surface area (Å²) < 4.78 is 1.01. The molecule has 0 saturated heterocycles. The summed E-state index contributed by atoms with van der Waals surface area (Å²) in [7, 11) is 0.987. The Hall–Kier alpha value is 0.107. The monoisotopic (exact) mass is 133 g/mol. The summed E-state index contributed by atoms with van der Waals surface area (Å²) in [5, 5.41) is 3.10. The summed E-state index contributed by atoms with van der Waals surface area (Å²) in [6.45, 7) is 4.18. The Balaban J connectivity index is 3.13. The largest absolute Gasteiger partial charge is 0.382 e. The molecule has 1 nitrogen and oxygen atoms in total. The highest BCUT2D eigenvalue weighted by Crippen LogP contribution is 1.73. The Morgan fingerprint density at radius 3 is 2.14 bits per heavy atom. The standard InChI is InChI=1S/C4H11NSSi/c1-3(2)5-4(6)7/h3H,1-2,7H3,(H,5,6). The summed E-state index contributed by atoms with van der Waals surface area (Å²) in [4.78, 5) is 0. The van der Waals surface area contributed by atoms with Gasteiger partial charge in [-0.15, -0.1) is 0 Å². The van der Waals surface area contributed by atoms with E-state index in [4.69, 9.17) is 12.2 Å². The molecule has 0 aliphatic carbocycles. The maximum atomic E-state index is 4.82. The lowest BCUT2D eigenvalue weighted by atomic mass is 10.4. The van der Waals surface area contributed by atoms with Crippen molar-refractivity contribution < 1.29 is 0 Å². The Labute approximate surface area is 52.9 Å². The second-order valence-electron chi connectivity index (χ2n) is 1.86. The molecule has 0 aromatic heterocycles. The Morgan fingerprint density at radius 2 is 2.14 bits per heavy atom. The average Bonchev–Trinajstić information content (AvgIpc) is 1.27. The average molecular weight is 133 g/mol. The van der Waals surface area contributed by atoms with E-state index in [1.807, 2.05) is 0 Å². The first-order chi connectivity index (χ1) is 3.13. The van der Waals surface area contributed by atoms with Crippen LogP contribution in [0.4, 0.5) is 0 Å². The third kappa shape index (κ3) is 6.11. The van der Waals surface area contributed by atoms with E-state index in [-0.39, 0.29) is 0 Å². The van der Waals surface area contributed by atoms with Gasteiger partial charge in [0.2, 0.25) is 0 Å². The number of hydrogen-bond donors (Lipinski definition) is 1. The van der Waals surface area contributed by atoms with Gasteiger partial charge < -0.3 is 5.32 Å². The van der Waals surface area contributed by atoms with Crippen molar-refractivity contribution in [3.63, 3.8) is 0 Å². The van der Waals surface area contributed by atoms with Crippen LogP contribution in [-0.4, -0.2) is 20.9 Å². The van der Waals surface area contributed by atoms with E-state index < -0.39 is 0 Å². The van der Waals surface area contributed by atoms with E-state index in [1.54, 1.807) is 0 Å². The number of hydrogen-bond acceptors (Lipinski definition) is 1. The predicted molar refractivity (Wildman–Crippen MR) is 40.8 cm³/mol. The van der Waals surface area contributed by atoms with Crippen molar-refractivity contribution in [3.8, 4) is 0 Å². The first-order valence-corrected chi connectivity index (χ1v) is 3.81. The van der Waals surface area contributed by atoms with E-state index in [9.17, 15) is 0 Å². The smallest absolute Gasteiger partial charge is 0.0732 e. The molecule has 7 heavy (non-hydrogen) atoms. The molecule has 0 atom stereocenters. The molecule has 0 rings (SSSR count). The first-order valence-electron chi connectivity index (χ1n) is 2.40. The zero-order valence-corrected chi connectivity index (χ0v) is 7.80. The third-order valence-corrected chi connectivity index (χ3v) is 0.898. The van der Waals surface area contributed by atoms with Crippen LogP contribution in [0.25, 0.3) is 0 Å². The highest BCUT2D eigenvalue weighted by atomic mass is 32.1. The van der Waals surface area contributed by atoms with Gasteiger partial charge in [-0.3, -0.25) is 0 Å². The van der Waals surface area contributed by atoms with Crippen LogP contribution in [0.2, 0.25) is 0 Å². The van der Waals surface area contributed by atoms with Crippen molar-refractivity contribution in [2.24, 2.45) is 0 Å². The minimum absolute atomic E-state index is 0.519. The molecule has 0 bridgehead atoms. The minimum Gasteiger partial charge on any atom is -0.382 e. The normalized spacial score (nSPS) is 9.57. The second-order valence-corrected chi connectivity index (χ2v) is 4.19. The fraction of sp³-hybridized carbons (Fsp3) is 0.750. The number of thiocarbonyl (C=S) groups is 1. The van der Waals surface area contributed by atoms with Crippen molar-refractivity contribution in [1.82, 2.24) is 5.32 Å². The van der Waals surface area contributed by atoms with Crippen LogP contribution in [0.5, 0.6) is 0 Å². The summed E-state index contributed by atoms with van der Waals surface area (Å²) >= 11 is 4.82. The molecule has 0 aliphatic rings. The van der Waals surface area contributed by atoms with Gasteiger partial charge in [0.05, 0.1) is 10.2 Å². The van der Waals surface area contributed by atoms with Crippen molar-refractivity contribution in [1.29, 1.82) is 0 Å². The molecule has 42 valence electrons. The summed E-state index contributed by atoms with van der Waals surface area (Å²) in [5.74, 6) is 0. The zero-order valence-electron chi connectivity index (χ0n) is 4.99. The van der Waals surface area contributed by atoms with Gasteiger partial charge >= 0.3 is 0 Å². The van der Waals surface area contributed by atoms with Gasteiger partial charge in [-0.1, -0.05) is 12.2 Å². The second kappa shape index (κ2) is 3.15. The lowest BCUT2D eigenvalue weighted by molar-refractivity contribution is 0.746. The van der Waals surface area contributed by atoms with Crippen LogP contribution in [0, 0.1) is 0 Å². The van der Waals surface area contributed by atoms with Crippen LogP contribution < -0.4 is 5.32 Å². The zero-order chi connectivity index (χ0) is 5.86. The summed E-state index contributed by atoms with van der Waals surface area (Å²) in [5.41, 5.74) is 0. The van der Waals surface area contributed by atoms with Gasteiger partial charge in [0.1, 0.15) is 0 Å². The summed E-state index contributed by atoms with van der Waals surface area (Å²) in [6.07, 6.45) is 0. The molecule has 3 heteroatoms. The third-order valence-electron chi connectivity index (χ3n) is 0.492. The molecule has 0 heterocycles. The lowest BCUT2D eigenvalue weighted by Crippen LogP contribution is -2.28. The van der Waals surface area contributed by atoms with Gasteiger partial charge in [0.25, 0.3) is 0 Å². The van der Waals surface area contributed by atoms with Crippen LogP contribution in [-0.2, 0) is 0 Å². The Kier molecular flexibility index (Phi) is 3.20. The Bertz CT molecular complexity index is 72.1. The van der Waals surface area contributed by atoms with Gasteiger partial charge in [0, 0.05) is 10.7 Å². The maximum Gasteiger partial charge on any atom is 0.0732 e. The SMILES string of the molecule is CC(C)NC([SiH3])=S. The fourth-order valence-electron chi connectivity index (χ4n) is 0.407. The quantitative estimate of drug-likeness (QED) is 0.387. The molecule has 0 aromatic rings. The fourth-order valence-corrected chi connectivity index (χ4v) is 1.22. The summed E-state index contributed by atoms with van der Waals surface area (Å²) in [6, 6.07) is 0.519. The molecular weight excluding hydrogens is 122 g/mol. The predicted octanol–water partition coefficient (Wildman–Crippen LogP) is -0.365. The van der Waals surface area contributed by atoms with Crippen molar-refractivity contribution in [2.45, 2.75) is 19.9 Å². The van der Waals surface area contributed by atoms with E-state index in [2.05, 4.69) is 19.2 Å². The van der Waals surface area contributed by atoms with Crippen molar-refractivity contribution >= 4 is 27.1 Å². The van der Waals surface area contributed by atoms with Crippen molar-refractivity contribution in [2.75, 3.05) is 0 Å². The molecule has 0 fully saturated rings. The number of rotatable bonds is 1. The highest BCUT2D eigenvalue weighted by molar-refractivity contribution is 7.82. The van der Waals surface area contributed by atoms with E-state index in [0.29, 0.717) is 6.04 Å². The minimum atomic E-state index is 0.519. The molecule has 0 unspecified atom stereocenters. The van der Waals surface area contributed by atoms with Gasteiger partial charge in [-0.05, 0) is 13.8 Å². The molecule has 0 aromatic carbocycles. The van der Waals surface area contributed by atoms with Gasteiger partial charge in [-0.2, -0.15) is 0 Å². The van der Waals surface area contributed by atoms with Crippen LogP contribution >= 0.6 is 12.2 Å². The Morgan fingerprint density at radius 1 is 1.71 bits per heavy atom. The highest BCUT2D eigenvalue weighted by Gasteiger charge is 1.87. The molecular formula is C4H11NSSi. The van der Waals surface area contributed by atoms with Gasteiger partial charge in [0.15, 0.2) is 0 Å². The van der Waals surface area contributed by atoms with Gasteiger partial charge in [-0.25, -0.2) is 0 Å². The topological polar surface area (TPSA) is 12.0 Å². The molecule has 1 N–H and O–H groups in total.